The Morgan fingerprint density at radius 1 is 1.40 bits per heavy atom. The van der Waals surface area contributed by atoms with Crippen molar-refractivity contribution in [2.75, 3.05) is 0 Å². The molecule has 0 amide bonds. The van der Waals surface area contributed by atoms with E-state index in [1.165, 1.54) is 11.1 Å². The Labute approximate surface area is 93.6 Å². The molecule has 0 radical (unpaired) electrons. The van der Waals surface area contributed by atoms with E-state index in [1.807, 2.05) is 6.92 Å². The average molecular weight is 210 g/mol. The molecule has 0 aliphatic carbocycles. The molecule has 86 valence electrons. The van der Waals surface area contributed by atoms with E-state index in [0.29, 0.717) is 12.3 Å². The lowest BCUT2D eigenvalue weighted by Crippen LogP contribution is -1.96. The predicted octanol–water partition coefficient (Wildman–Crippen LogP) is 5.19. The quantitative estimate of drug-likeness (QED) is 0.529. The zero-order valence-corrected chi connectivity index (χ0v) is 10.4. The maximum Gasteiger partial charge on any atom is 0.0930 e. The summed E-state index contributed by atoms with van der Waals surface area (Å²) >= 11 is 0. The zero-order valence-electron chi connectivity index (χ0n) is 10.4. The van der Waals surface area contributed by atoms with Crippen LogP contribution in [0.15, 0.2) is 35.7 Å². The fourth-order valence-electron chi connectivity index (χ4n) is 1.53. The fraction of sp³-hybridized carbons (Fsp3) is 0.571. The van der Waals surface area contributed by atoms with E-state index in [4.69, 9.17) is 0 Å². The van der Waals surface area contributed by atoms with E-state index in [1.54, 1.807) is 0 Å². The third-order valence-corrected chi connectivity index (χ3v) is 2.51. The molecule has 0 spiro atoms. The summed E-state index contributed by atoms with van der Waals surface area (Å²) in [6, 6.07) is 0. The molecule has 0 bridgehead atoms. The maximum atomic E-state index is 12.6. The first-order valence-corrected chi connectivity index (χ1v) is 5.65. The number of allylic oxidation sites excluding steroid dienone is 5. The molecule has 0 nitrogen and oxygen atoms in total. The second-order valence-corrected chi connectivity index (χ2v) is 4.24. The molecule has 0 rings (SSSR count). The van der Waals surface area contributed by atoms with Crippen molar-refractivity contribution in [2.45, 2.75) is 47.0 Å². The molecular formula is C14H23F. The van der Waals surface area contributed by atoms with Crippen LogP contribution >= 0.6 is 0 Å². The molecule has 1 heteroatoms. The lowest BCUT2D eigenvalue weighted by Gasteiger charge is -2.11. The summed E-state index contributed by atoms with van der Waals surface area (Å²) in [4.78, 5) is 0. The molecule has 15 heavy (non-hydrogen) atoms. The summed E-state index contributed by atoms with van der Waals surface area (Å²) in [5.74, 6) is 0.115. The predicted molar refractivity (Wildman–Crippen MR) is 66.5 cm³/mol. The second kappa shape index (κ2) is 7.44. The Morgan fingerprint density at radius 3 is 2.40 bits per heavy atom. The van der Waals surface area contributed by atoms with Crippen LogP contribution < -0.4 is 0 Å². The van der Waals surface area contributed by atoms with Gasteiger partial charge in [-0.05, 0) is 32.6 Å². The number of rotatable bonds is 6. The van der Waals surface area contributed by atoms with Gasteiger partial charge in [-0.15, -0.1) is 0 Å². The van der Waals surface area contributed by atoms with Gasteiger partial charge in [-0.25, -0.2) is 4.39 Å². The molecular weight excluding hydrogens is 187 g/mol. The summed E-state index contributed by atoms with van der Waals surface area (Å²) in [5, 5.41) is 0. The van der Waals surface area contributed by atoms with E-state index in [2.05, 4.69) is 39.5 Å². The molecule has 0 N–H and O–H groups in total. The van der Waals surface area contributed by atoms with Crippen LogP contribution in [0.2, 0.25) is 0 Å². The van der Waals surface area contributed by atoms with Gasteiger partial charge < -0.3 is 0 Å². The van der Waals surface area contributed by atoms with Gasteiger partial charge in [0.2, 0.25) is 0 Å². The van der Waals surface area contributed by atoms with Gasteiger partial charge in [-0.3, -0.25) is 0 Å². The molecule has 0 aromatic carbocycles. The summed E-state index contributed by atoms with van der Waals surface area (Å²) in [6.45, 7) is 11.7. The van der Waals surface area contributed by atoms with Gasteiger partial charge in [0.05, 0.1) is 5.83 Å². The van der Waals surface area contributed by atoms with Crippen LogP contribution in [0.3, 0.4) is 0 Å². The Kier molecular flexibility index (Phi) is 7.02. The number of hydrogen-bond acceptors (Lipinski definition) is 0. The molecule has 0 aliphatic rings. The standard InChI is InChI=1S/C14H23F/c1-6-11(3)9-14(7-2)10-12(4)8-13(5)15/h7,9,12H,5-6,8,10H2,1-4H3/b11-9-,14-7-. The lowest BCUT2D eigenvalue weighted by molar-refractivity contribution is 0.490. The highest BCUT2D eigenvalue weighted by Crippen LogP contribution is 2.21. The van der Waals surface area contributed by atoms with Crippen molar-refractivity contribution < 1.29 is 4.39 Å². The van der Waals surface area contributed by atoms with Gasteiger partial charge in [0, 0.05) is 6.42 Å². The lowest BCUT2D eigenvalue weighted by atomic mass is 9.96. The third-order valence-electron chi connectivity index (χ3n) is 2.51. The van der Waals surface area contributed by atoms with E-state index in [0.717, 1.165) is 12.8 Å². The average Bonchev–Trinajstić information content (AvgIpc) is 2.15. The maximum absolute atomic E-state index is 12.6. The Balaban J connectivity index is 4.29. The van der Waals surface area contributed by atoms with Crippen LogP contribution in [-0.2, 0) is 0 Å². The topological polar surface area (TPSA) is 0 Å². The minimum atomic E-state index is -0.214. The van der Waals surface area contributed by atoms with Gasteiger partial charge in [-0.2, -0.15) is 0 Å². The van der Waals surface area contributed by atoms with E-state index < -0.39 is 0 Å². The van der Waals surface area contributed by atoms with Gasteiger partial charge >= 0.3 is 0 Å². The molecule has 0 aromatic heterocycles. The van der Waals surface area contributed by atoms with Gasteiger partial charge in [0.1, 0.15) is 0 Å². The molecule has 0 heterocycles. The molecule has 0 aliphatic heterocycles. The largest absolute Gasteiger partial charge is 0.212 e. The SMILES string of the molecule is C=C(F)CC(C)CC(/C=C(/C)CC)=C\C. The first-order chi connectivity index (χ1) is 6.99. The van der Waals surface area contributed by atoms with Gasteiger partial charge in [0.15, 0.2) is 0 Å². The monoisotopic (exact) mass is 210 g/mol. The first-order valence-electron chi connectivity index (χ1n) is 5.65. The summed E-state index contributed by atoms with van der Waals surface area (Å²) in [6.07, 6.45) is 6.78. The van der Waals surface area contributed by atoms with Crippen LogP contribution in [0, 0.1) is 5.92 Å². The second-order valence-electron chi connectivity index (χ2n) is 4.24. The first kappa shape index (κ1) is 14.2. The number of hydrogen-bond donors (Lipinski definition) is 0. The van der Waals surface area contributed by atoms with Crippen LogP contribution in [0.5, 0.6) is 0 Å². The van der Waals surface area contributed by atoms with E-state index in [-0.39, 0.29) is 5.83 Å². The summed E-state index contributed by atoms with van der Waals surface area (Å²) in [7, 11) is 0. The molecule has 1 atom stereocenters. The molecule has 1 unspecified atom stereocenters. The van der Waals surface area contributed by atoms with Gasteiger partial charge in [0.25, 0.3) is 0 Å². The van der Waals surface area contributed by atoms with Gasteiger partial charge in [-0.1, -0.05) is 43.7 Å². The smallest absolute Gasteiger partial charge is 0.0930 e. The fourth-order valence-corrected chi connectivity index (χ4v) is 1.53. The Morgan fingerprint density at radius 2 is 2.00 bits per heavy atom. The van der Waals surface area contributed by atoms with E-state index >= 15 is 0 Å². The Bertz CT molecular complexity index is 259. The van der Waals surface area contributed by atoms with Crippen LogP contribution in [0.25, 0.3) is 0 Å². The van der Waals surface area contributed by atoms with Crippen molar-refractivity contribution in [2.24, 2.45) is 5.92 Å². The van der Waals surface area contributed by atoms with Crippen molar-refractivity contribution in [3.8, 4) is 0 Å². The normalized spacial score (nSPS) is 15.3. The molecule has 0 aromatic rings. The number of halogens is 1. The summed E-state index contributed by atoms with van der Waals surface area (Å²) < 4.78 is 12.6. The van der Waals surface area contributed by atoms with Crippen LogP contribution in [0.1, 0.15) is 47.0 Å². The molecule has 0 saturated carbocycles. The van der Waals surface area contributed by atoms with Crippen molar-refractivity contribution in [1.29, 1.82) is 0 Å². The zero-order chi connectivity index (χ0) is 11.8. The summed E-state index contributed by atoms with van der Waals surface area (Å²) in [5.41, 5.74) is 2.66. The van der Waals surface area contributed by atoms with E-state index in [9.17, 15) is 4.39 Å². The third kappa shape index (κ3) is 7.12. The molecule has 0 saturated heterocycles. The van der Waals surface area contributed by atoms with Crippen molar-refractivity contribution >= 4 is 0 Å². The van der Waals surface area contributed by atoms with Crippen molar-refractivity contribution in [3.63, 3.8) is 0 Å². The minimum Gasteiger partial charge on any atom is -0.212 e. The highest BCUT2D eigenvalue weighted by molar-refractivity contribution is 5.22. The Hall–Kier alpha value is -0.850. The highest BCUT2D eigenvalue weighted by Gasteiger charge is 2.06. The van der Waals surface area contributed by atoms with Crippen LogP contribution in [0.4, 0.5) is 4.39 Å². The highest BCUT2D eigenvalue weighted by atomic mass is 19.1. The van der Waals surface area contributed by atoms with Crippen molar-refractivity contribution in [3.05, 3.63) is 35.7 Å². The molecule has 0 fully saturated rings. The van der Waals surface area contributed by atoms with Crippen molar-refractivity contribution in [1.82, 2.24) is 0 Å². The minimum absolute atomic E-state index is 0.214. The van der Waals surface area contributed by atoms with Crippen LogP contribution in [-0.4, -0.2) is 0 Å².